The fourth-order valence-corrected chi connectivity index (χ4v) is 3.47. The van der Waals surface area contributed by atoms with Crippen LogP contribution in [-0.2, 0) is 6.54 Å². The summed E-state index contributed by atoms with van der Waals surface area (Å²) in [5.74, 6) is 0.112. The molecule has 2 atom stereocenters. The quantitative estimate of drug-likeness (QED) is 0.916. The summed E-state index contributed by atoms with van der Waals surface area (Å²) in [6, 6.07) is 6.64. The van der Waals surface area contributed by atoms with E-state index in [4.69, 9.17) is 4.74 Å². The highest BCUT2D eigenvalue weighted by Gasteiger charge is 2.34. The topological polar surface area (TPSA) is 24.5 Å². The van der Waals surface area contributed by atoms with E-state index in [2.05, 4.69) is 10.2 Å². The SMILES string of the molecule is CCOc1ccc(CN2C3CCNCC2CC3)cc1F. The summed E-state index contributed by atoms with van der Waals surface area (Å²) >= 11 is 0. The molecule has 0 amide bonds. The van der Waals surface area contributed by atoms with Gasteiger partial charge < -0.3 is 10.1 Å². The van der Waals surface area contributed by atoms with Crippen molar-refractivity contribution in [3.05, 3.63) is 29.6 Å². The van der Waals surface area contributed by atoms with Gasteiger partial charge in [-0.05, 0) is 50.4 Å². The molecule has 1 N–H and O–H groups in total. The van der Waals surface area contributed by atoms with E-state index >= 15 is 0 Å². The molecule has 2 saturated heterocycles. The molecular formula is C16H23FN2O. The molecule has 0 aliphatic carbocycles. The second kappa shape index (κ2) is 6.10. The zero-order valence-electron chi connectivity index (χ0n) is 12.1. The fourth-order valence-electron chi connectivity index (χ4n) is 3.47. The second-order valence-corrected chi connectivity index (χ2v) is 5.75. The Kier molecular flexibility index (Phi) is 4.22. The van der Waals surface area contributed by atoms with Crippen LogP contribution in [0.25, 0.3) is 0 Å². The molecule has 2 unspecified atom stereocenters. The lowest BCUT2D eigenvalue weighted by molar-refractivity contribution is 0.193. The molecule has 0 saturated carbocycles. The van der Waals surface area contributed by atoms with Gasteiger partial charge in [0.05, 0.1) is 6.61 Å². The van der Waals surface area contributed by atoms with Crippen molar-refractivity contribution in [1.82, 2.24) is 10.2 Å². The lowest BCUT2D eigenvalue weighted by atomic mass is 10.1. The van der Waals surface area contributed by atoms with Gasteiger partial charge in [-0.15, -0.1) is 0 Å². The highest BCUT2D eigenvalue weighted by Crippen LogP contribution is 2.30. The van der Waals surface area contributed by atoms with Crippen LogP contribution in [0.4, 0.5) is 4.39 Å². The molecule has 2 bridgehead atoms. The molecule has 0 aromatic heterocycles. The number of nitrogens with zero attached hydrogens (tertiary/aromatic N) is 1. The molecule has 3 nitrogen and oxygen atoms in total. The van der Waals surface area contributed by atoms with Crippen molar-refractivity contribution in [2.45, 2.75) is 44.8 Å². The lowest BCUT2D eigenvalue weighted by Gasteiger charge is -2.27. The number of nitrogens with one attached hydrogen (secondary N) is 1. The first-order valence-corrected chi connectivity index (χ1v) is 7.65. The number of rotatable bonds is 4. The summed E-state index contributed by atoms with van der Waals surface area (Å²) in [6.45, 7) is 5.39. The number of ether oxygens (including phenoxy) is 1. The van der Waals surface area contributed by atoms with Crippen LogP contribution in [0.1, 0.15) is 31.7 Å². The van der Waals surface area contributed by atoms with Gasteiger partial charge in [-0.2, -0.15) is 0 Å². The van der Waals surface area contributed by atoms with E-state index in [0.717, 1.165) is 25.2 Å². The van der Waals surface area contributed by atoms with E-state index in [9.17, 15) is 4.39 Å². The summed E-state index contributed by atoms with van der Waals surface area (Å²) < 4.78 is 19.2. The normalized spacial score (nSPS) is 26.5. The molecule has 2 fully saturated rings. The summed E-state index contributed by atoms with van der Waals surface area (Å²) in [4.78, 5) is 2.55. The molecule has 1 aromatic rings. The molecule has 0 radical (unpaired) electrons. The van der Waals surface area contributed by atoms with Gasteiger partial charge in [0.1, 0.15) is 0 Å². The van der Waals surface area contributed by atoms with Crippen molar-refractivity contribution in [3.8, 4) is 5.75 Å². The number of fused-ring (bicyclic) bond motifs is 2. The Balaban J connectivity index is 1.72. The number of halogens is 1. The van der Waals surface area contributed by atoms with E-state index in [0.29, 0.717) is 24.4 Å². The molecule has 110 valence electrons. The van der Waals surface area contributed by atoms with Crippen molar-refractivity contribution in [2.24, 2.45) is 0 Å². The second-order valence-electron chi connectivity index (χ2n) is 5.75. The molecule has 2 aliphatic heterocycles. The maximum absolute atomic E-state index is 13.9. The molecular weight excluding hydrogens is 255 g/mol. The minimum atomic E-state index is -0.246. The largest absolute Gasteiger partial charge is 0.491 e. The van der Waals surface area contributed by atoms with Gasteiger partial charge in [-0.25, -0.2) is 4.39 Å². The smallest absolute Gasteiger partial charge is 0.165 e. The zero-order valence-corrected chi connectivity index (χ0v) is 12.1. The standard InChI is InChI=1S/C16H23FN2O/c1-2-20-16-6-3-12(9-15(16)17)11-19-13-4-5-14(19)10-18-8-7-13/h3,6,9,13-14,18H,2,4-5,7-8,10-11H2,1H3. The number of hydrogen-bond donors (Lipinski definition) is 1. The summed E-state index contributed by atoms with van der Waals surface area (Å²) in [7, 11) is 0. The van der Waals surface area contributed by atoms with Crippen molar-refractivity contribution >= 4 is 0 Å². The molecule has 1 aromatic carbocycles. The molecule has 20 heavy (non-hydrogen) atoms. The lowest BCUT2D eigenvalue weighted by Crippen LogP contribution is -2.37. The van der Waals surface area contributed by atoms with E-state index in [1.165, 1.54) is 19.3 Å². The Labute approximate surface area is 120 Å². The number of hydrogen-bond acceptors (Lipinski definition) is 3. The van der Waals surface area contributed by atoms with Gasteiger partial charge in [0, 0.05) is 25.2 Å². The van der Waals surface area contributed by atoms with Crippen molar-refractivity contribution < 1.29 is 9.13 Å². The van der Waals surface area contributed by atoms with Crippen molar-refractivity contribution in [2.75, 3.05) is 19.7 Å². The molecule has 4 heteroatoms. The minimum absolute atomic E-state index is 0.246. The van der Waals surface area contributed by atoms with Gasteiger partial charge in [0.15, 0.2) is 11.6 Å². The maximum Gasteiger partial charge on any atom is 0.165 e. The van der Waals surface area contributed by atoms with Crippen LogP contribution in [0.3, 0.4) is 0 Å². The molecule has 2 aliphatic rings. The first-order valence-electron chi connectivity index (χ1n) is 7.65. The Morgan fingerprint density at radius 1 is 1.30 bits per heavy atom. The van der Waals surface area contributed by atoms with Crippen LogP contribution in [0.5, 0.6) is 5.75 Å². The third-order valence-corrected chi connectivity index (χ3v) is 4.47. The highest BCUT2D eigenvalue weighted by atomic mass is 19.1. The van der Waals surface area contributed by atoms with E-state index in [1.54, 1.807) is 12.1 Å². The van der Waals surface area contributed by atoms with Crippen LogP contribution in [0.2, 0.25) is 0 Å². The van der Waals surface area contributed by atoms with E-state index < -0.39 is 0 Å². The van der Waals surface area contributed by atoms with Gasteiger partial charge in [-0.3, -0.25) is 4.90 Å². The monoisotopic (exact) mass is 278 g/mol. The maximum atomic E-state index is 13.9. The van der Waals surface area contributed by atoms with Crippen molar-refractivity contribution in [3.63, 3.8) is 0 Å². The van der Waals surface area contributed by atoms with Gasteiger partial charge >= 0.3 is 0 Å². The summed E-state index contributed by atoms with van der Waals surface area (Å²) in [6.07, 6.45) is 3.75. The predicted octanol–water partition coefficient (Wildman–Crippen LogP) is 2.55. The molecule has 2 heterocycles. The molecule has 0 spiro atoms. The summed E-state index contributed by atoms with van der Waals surface area (Å²) in [5, 5.41) is 3.50. The molecule has 3 rings (SSSR count). The Morgan fingerprint density at radius 3 is 2.95 bits per heavy atom. The van der Waals surface area contributed by atoms with E-state index in [1.807, 2.05) is 13.0 Å². The number of benzene rings is 1. The van der Waals surface area contributed by atoms with Crippen molar-refractivity contribution in [1.29, 1.82) is 0 Å². The van der Waals surface area contributed by atoms with Crippen LogP contribution >= 0.6 is 0 Å². The average molecular weight is 278 g/mol. The van der Waals surface area contributed by atoms with Crippen LogP contribution in [0, 0.1) is 5.82 Å². The van der Waals surface area contributed by atoms with Crippen LogP contribution in [0.15, 0.2) is 18.2 Å². The Morgan fingerprint density at radius 2 is 2.15 bits per heavy atom. The first kappa shape index (κ1) is 13.8. The third kappa shape index (κ3) is 2.81. The predicted molar refractivity (Wildman–Crippen MR) is 77.4 cm³/mol. The van der Waals surface area contributed by atoms with Gasteiger partial charge in [-0.1, -0.05) is 6.07 Å². The third-order valence-electron chi connectivity index (χ3n) is 4.47. The van der Waals surface area contributed by atoms with E-state index in [-0.39, 0.29) is 5.82 Å². The Hall–Kier alpha value is -1.13. The fraction of sp³-hybridized carbons (Fsp3) is 0.625. The van der Waals surface area contributed by atoms with Gasteiger partial charge in [0.25, 0.3) is 0 Å². The zero-order chi connectivity index (χ0) is 13.9. The average Bonchev–Trinajstić information content (AvgIpc) is 2.66. The van der Waals surface area contributed by atoms with Gasteiger partial charge in [0.2, 0.25) is 0 Å². The minimum Gasteiger partial charge on any atom is -0.491 e. The first-order chi connectivity index (χ1) is 9.78. The Bertz CT molecular complexity index is 452. The summed E-state index contributed by atoms with van der Waals surface area (Å²) in [5.41, 5.74) is 1.05. The van der Waals surface area contributed by atoms with Crippen LogP contribution in [-0.4, -0.2) is 36.7 Å². The van der Waals surface area contributed by atoms with Crippen LogP contribution < -0.4 is 10.1 Å². The highest BCUT2D eigenvalue weighted by molar-refractivity contribution is 5.29.